The smallest absolute Gasteiger partial charge is 0.549 e. The van der Waals surface area contributed by atoms with Gasteiger partial charge in [0.05, 0.1) is 16.0 Å². The number of amides is 1. The molecule has 8 heteroatoms. The van der Waals surface area contributed by atoms with Crippen LogP contribution in [-0.4, -0.2) is 11.9 Å². The number of nitrogens with one attached hydrogen (secondary N) is 1. The number of anilines is 1. The summed E-state index contributed by atoms with van der Waals surface area (Å²) < 4.78 is 0.972. The molecular formula is C18H15Cl2INNaO3. The van der Waals surface area contributed by atoms with Gasteiger partial charge >= 0.3 is 29.6 Å². The molecule has 0 aromatic heterocycles. The minimum absolute atomic E-state index is 0. The van der Waals surface area contributed by atoms with Crippen molar-refractivity contribution < 1.29 is 44.3 Å². The first kappa shape index (κ1) is 23.7. The van der Waals surface area contributed by atoms with E-state index >= 15 is 0 Å². The van der Waals surface area contributed by atoms with Crippen LogP contribution in [0.4, 0.5) is 5.69 Å². The number of carbonyl (C=O) groups excluding carboxylic acids is 2. The summed E-state index contributed by atoms with van der Waals surface area (Å²) >= 11 is 14.0. The molecule has 0 saturated carbocycles. The largest absolute Gasteiger partial charge is 1.00 e. The van der Waals surface area contributed by atoms with E-state index < -0.39 is 17.3 Å². The van der Waals surface area contributed by atoms with Crippen molar-refractivity contribution in [2.45, 2.75) is 25.7 Å². The fraction of sp³-hybridized carbons (Fsp3) is 0.222. The van der Waals surface area contributed by atoms with E-state index in [4.69, 9.17) is 23.2 Å². The zero-order chi connectivity index (χ0) is 18.8. The third-order valence-electron chi connectivity index (χ3n) is 3.85. The topological polar surface area (TPSA) is 69.2 Å². The summed E-state index contributed by atoms with van der Waals surface area (Å²) in [5.41, 5.74) is 0.435. The fourth-order valence-electron chi connectivity index (χ4n) is 2.47. The number of carbonyl (C=O) groups is 2. The molecule has 0 bridgehead atoms. The first-order valence-corrected chi connectivity index (χ1v) is 9.19. The molecule has 2 aromatic carbocycles. The summed E-state index contributed by atoms with van der Waals surface area (Å²) in [5, 5.41) is 15.0. The normalized spacial score (nSPS) is 12.7. The van der Waals surface area contributed by atoms with Crippen molar-refractivity contribution in [1.29, 1.82) is 0 Å². The maximum atomic E-state index is 12.4. The van der Waals surface area contributed by atoms with E-state index in [1.165, 1.54) is 25.1 Å². The summed E-state index contributed by atoms with van der Waals surface area (Å²) in [4.78, 5) is 24.2. The predicted molar refractivity (Wildman–Crippen MR) is 106 cm³/mol. The number of hydrogen-bond donors (Lipinski definition) is 1. The molecule has 1 amide bonds. The Hall–Kier alpha value is -0.310. The second kappa shape index (κ2) is 9.75. The van der Waals surface area contributed by atoms with Gasteiger partial charge in [0.15, 0.2) is 0 Å². The molecule has 0 radical (unpaired) electrons. The Kier molecular flexibility index (Phi) is 8.90. The minimum atomic E-state index is -1.53. The molecule has 4 nitrogen and oxygen atoms in total. The van der Waals surface area contributed by atoms with Crippen LogP contribution >= 0.6 is 45.8 Å². The van der Waals surface area contributed by atoms with E-state index in [0.29, 0.717) is 16.3 Å². The van der Waals surface area contributed by atoms with Crippen molar-refractivity contribution in [3.05, 3.63) is 61.1 Å². The van der Waals surface area contributed by atoms with Crippen LogP contribution in [0.15, 0.2) is 36.4 Å². The second-order valence-electron chi connectivity index (χ2n) is 5.99. The standard InChI is InChI=1S/C18H16Cl2INO3.Na/c1-10-5-12(21)8-13(6-10)22-16(23)9-18(2,17(24)25)11-3-4-14(19)15(20)7-11;/h3-8H,9H2,1-2H3,(H,22,23)(H,24,25);/q;+1/p-1. The molecular weight excluding hydrogens is 499 g/mol. The van der Waals surface area contributed by atoms with E-state index in [2.05, 4.69) is 27.9 Å². The Morgan fingerprint density at radius 2 is 1.81 bits per heavy atom. The molecule has 1 unspecified atom stereocenters. The number of rotatable bonds is 5. The Labute approximate surface area is 198 Å². The monoisotopic (exact) mass is 513 g/mol. The van der Waals surface area contributed by atoms with E-state index in [9.17, 15) is 14.7 Å². The van der Waals surface area contributed by atoms with Crippen LogP contribution < -0.4 is 40.0 Å². The van der Waals surface area contributed by atoms with Crippen LogP contribution in [0.2, 0.25) is 10.0 Å². The molecule has 0 fully saturated rings. The number of aryl methyl sites for hydroxylation is 1. The number of carboxylic acid groups (broad SMARTS) is 1. The molecule has 1 N–H and O–H groups in total. The van der Waals surface area contributed by atoms with Crippen LogP contribution in [0, 0.1) is 10.5 Å². The molecule has 0 aliphatic heterocycles. The molecule has 0 saturated heterocycles. The molecule has 26 heavy (non-hydrogen) atoms. The van der Waals surface area contributed by atoms with Crippen molar-refractivity contribution in [3.63, 3.8) is 0 Å². The second-order valence-corrected chi connectivity index (χ2v) is 8.05. The van der Waals surface area contributed by atoms with Gasteiger partial charge in [-0.05, 0) is 77.9 Å². The van der Waals surface area contributed by atoms with Gasteiger partial charge in [-0.3, -0.25) is 4.79 Å². The van der Waals surface area contributed by atoms with Gasteiger partial charge in [0.25, 0.3) is 0 Å². The maximum absolute atomic E-state index is 12.4. The van der Waals surface area contributed by atoms with Gasteiger partial charge in [-0.1, -0.05) is 29.3 Å². The minimum Gasteiger partial charge on any atom is -0.549 e. The molecule has 0 heterocycles. The van der Waals surface area contributed by atoms with Gasteiger partial charge in [0, 0.05) is 21.1 Å². The van der Waals surface area contributed by atoms with Crippen LogP contribution in [-0.2, 0) is 15.0 Å². The molecule has 0 aliphatic rings. The van der Waals surface area contributed by atoms with E-state index in [-0.39, 0.29) is 41.0 Å². The van der Waals surface area contributed by atoms with Crippen molar-refractivity contribution in [1.82, 2.24) is 0 Å². The average molecular weight is 514 g/mol. The fourth-order valence-corrected chi connectivity index (χ4v) is 3.59. The molecule has 2 aromatic rings. The number of carboxylic acids is 1. The summed E-state index contributed by atoms with van der Waals surface area (Å²) in [6.07, 6.45) is -0.294. The quantitative estimate of drug-likeness (QED) is 0.478. The Bertz CT molecular complexity index is 827. The number of hydrogen-bond acceptors (Lipinski definition) is 3. The van der Waals surface area contributed by atoms with Crippen LogP contribution in [0.1, 0.15) is 24.5 Å². The van der Waals surface area contributed by atoms with Gasteiger partial charge in [-0.25, -0.2) is 0 Å². The van der Waals surface area contributed by atoms with Gasteiger partial charge in [-0.15, -0.1) is 0 Å². The van der Waals surface area contributed by atoms with Gasteiger partial charge in [0.2, 0.25) is 5.91 Å². The number of aliphatic carboxylic acids is 1. The van der Waals surface area contributed by atoms with E-state index in [1.54, 1.807) is 6.07 Å². The average Bonchev–Trinajstić information content (AvgIpc) is 2.48. The molecule has 2 rings (SSSR count). The summed E-state index contributed by atoms with van der Waals surface area (Å²) in [5.74, 6) is -1.79. The molecule has 0 aliphatic carbocycles. The third kappa shape index (κ3) is 5.84. The first-order valence-electron chi connectivity index (χ1n) is 7.36. The maximum Gasteiger partial charge on any atom is 1.00 e. The van der Waals surface area contributed by atoms with Crippen molar-refractivity contribution in [2.75, 3.05) is 5.32 Å². The Balaban J connectivity index is 0.00000338. The Morgan fingerprint density at radius 1 is 1.15 bits per heavy atom. The van der Waals surface area contributed by atoms with Crippen molar-refractivity contribution in [3.8, 4) is 0 Å². The zero-order valence-electron chi connectivity index (χ0n) is 14.5. The third-order valence-corrected chi connectivity index (χ3v) is 5.21. The number of halogens is 3. The van der Waals surface area contributed by atoms with E-state index in [1.807, 2.05) is 19.1 Å². The predicted octanol–water partition coefficient (Wildman–Crippen LogP) is 0.947. The van der Waals surface area contributed by atoms with Crippen molar-refractivity contribution in [2.24, 2.45) is 0 Å². The molecule has 0 spiro atoms. The van der Waals surface area contributed by atoms with Gasteiger partial charge < -0.3 is 15.2 Å². The van der Waals surface area contributed by atoms with Crippen LogP contribution in [0.5, 0.6) is 0 Å². The number of benzene rings is 2. The summed E-state index contributed by atoms with van der Waals surface area (Å²) in [7, 11) is 0. The van der Waals surface area contributed by atoms with Gasteiger partial charge in [0.1, 0.15) is 0 Å². The van der Waals surface area contributed by atoms with Crippen LogP contribution in [0.25, 0.3) is 0 Å². The SMILES string of the molecule is Cc1cc(I)cc(NC(=O)CC(C)(C(=O)[O-])c2ccc(Cl)c(Cl)c2)c1.[Na+]. The summed E-state index contributed by atoms with van der Waals surface area (Å²) in [6, 6.07) is 10.1. The zero-order valence-corrected chi connectivity index (χ0v) is 20.2. The van der Waals surface area contributed by atoms with E-state index in [0.717, 1.165) is 9.13 Å². The Morgan fingerprint density at radius 3 is 2.35 bits per heavy atom. The van der Waals surface area contributed by atoms with Crippen molar-refractivity contribution >= 4 is 63.4 Å². The first-order chi connectivity index (χ1) is 11.6. The van der Waals surface area contributed by atoms with Gasteiger partial charge in [-0.2, -0.15) is 0 Å². The van der Waals surface area contributed by atoms with Crippen LogP contribution in [0.3, 0.4) is 0 Å². The summed E-state index contributed by atoms with van der Waals surface area (Å²) in [6.45, 7) is 3.35. The molecule has 132 valence electrons. The molecule has 1 atom stereocenters.